The standard InChI is InChI=1S/C14H17N3O2S/c1-8-6-12(19-16-8)11-4-3-5-17(11)14(18)13-7-10(15)9(2)20-13/h6-7,11H,3-5,15H2,1-2H3. The highest BCUT2D eigenvalue weighted by atomic mass is 32.1. The fraction of sp³-hybridized carbons (Fsp3) is 0.429. The molecule has 1 amide bonds. The minimum absolute atomic E-state index is 0.00710. The normalized spacial score (nSPS) is 18.7. The molecule has 0 aromatic carbocycles. The maximum atomic E-state index is 12.6. The maximum absolute atomic E-state index is 12.6. The lowest BCUT2D eigenvalue weighted by Crippen LogP contribution is -2.29. The first-order valence-electron chi connectivity index (χ1n) is 6.66. The van der Waals surface area contributed by atoms with E-state index in [9.17, 15) is 4.79 Å². The number of carbonyl (C=O) groups excluding carboxylic acids is 1. The Morgan fingerprint density at radius 2 is 2.30 bits per heavy atom. The van der Waals surface area contributed by atoms with E-state index in [-0.39, 0.29) is 11.9 Å². The summed E-state index contributed by atoms with van der Waals surface area (Å²) in [5.74, 6) is 0.806. The number of thiophene rings is 1. The Balaban J connectivity index is 1.86. The van der Waals surface area contributed by atoms with Gasteiger partial charge in [-0.15, -0.1) is 11.3 Å². The molecule has 2 aromatic rings. The molecule has 5 nitrogen and oxygen atoms in total. The molecule has 0 spiro atoms. The Kier molecular flexibility index (Phi) is 3.25. The third-order valence-corrected chi connectivity index (χ3v) is 4.71. The van der Waals surface area contributed by atoms with Crippen LogP contribution < -0.4 is 5.73 Å². The lowest BCUT2D eigenvalue weighted by Gasteiger charge is -2.21. The van der Waals surface area contributed by atoms with Gasteiger partial charge in [-0.3, -0.25) is 4.79 Å². The molecule has 3 heterocycles. The summed E-state index contributed by atoms with van der Waals surface area (Å²) in [6.07, 6.45) is 1.90. The smallest absolute Gasteiger partial charge is 0.264 e. The molecule has 0 radical (unpaired) electrons. The van der Waals surface area contributed by atoms with Crippen LogP contribution in [0.15, 0.2) is 16.7 Å². The van der Waals surface area contributed by atoms with Gasteiger partial charge in [-0.1, -0.05) is 5.16 Å². The van der Waals surface area contributed by atoms with Crippen molar-refractivity contribution in [3.63, 3.8) is 0 Å². The molecule has 0 bridgehead atoms. The number of amides is 1. The molecule has 1 saturated heterocycles. The summed E-state index contributed by atoms with van der Waals surface area (Å²) >= 11 is 1.45. The summed E-state index contributed by atoms with van der Waals surface area (Å²) in [6.45, 7) is 4.57. The largest absolute Gasteiger partial charge is 0.398 e. The summed E-state index contributed by atoms with van der Waals surface area (Å²) in [6, 6.07) is 3.67. The fourth-order valence-corrected chi connectivity index (χ4v) is 3.49. The van der Waals surface area contributed by atoms with Gasteiger partial charge in [0.2, 0.25) is 0 Å². The van der Waals surface area contributed by atoms with Gasteiger partial charge in [-0.25, -0.2) is 0 Å². The molecular weight excluding hydrogens is 274 g/mol. The highest BCUT2D eigenvalue weighted by molar-refractivity contribution is 7.14. The van der Waals surface area contributed by atoms with Gasteiger partial charge in [0.25, 0.3) is 5.91 Å². The van der Waals surface area contributed by atoms with Crippen LogP contribution in [-0.4, -0.2) is 22.5 Å². The van der Waals surface area contributed by atoms with Gasteiger partial charge < -0.3 is 15.2 Å². The molecular formula is C14H17N3O2S. The lowest BCUT2D eigenvalue weighted by molar-refractivity contribution is 0.0719. The van der Waals surface area contributed by atoms with Crippen LogP contribution in [0.5, 0.6) is 0 Å². The minimum atomic E-state index is -0.00710. The Hall–Kier alpha value is -1.82. The molecule has 1 aliphatic heterocycles. The molecule has 106 valence electrons. The zero-order chi connectivity index (χ0) is 14.3. The van der Waals surface area contributed by atoms with Crippen LogP contribution in [0.1, 0.15) is 44.9 Å². The number of hydrogen-bond donors (Lipinski definition) is 1. The number of nitrogens with zero attached hydrogens (tertiary/aromatic N) is 2. The summed E-state index contributed by atoms with van der Waals surface area (Å²) in [5, 5.41) is 3.92. The van der Waals surface area contributed by atoms with Gasteiger partial charge in [-0.05, 0) is 32.8 Å². The van der Waals surface area contributed by atoms with Crippen molar-refractivity contribution in [2.24, 2.45) is 0 Å². The predicted molar refractivity (Wildman–Crippen MR) is 77.7 cm³/mol. The summed E-state index contributed by atoms with van der Waals surface area (Å²) in [4.78, 5) is 16.2. The van der Waals surface area contributed by atoms with E-state index >= 15 is 0 Å². The minimum Gasteiger partial charge on any atom is -0.398 e. The van der Waals surface area contributed by atoms with Crippen molar-refractivity contribution >= 4 is 22.9 Å². The number of nitrogens with two attached hydrogens (primary N) is 1. The lowest BCUT2D eigenvalue weighted by atomic mass is 10.1. The van der Waals surface area contributed by atoms with Gasteiger partial charge in [0.05, 0.1) is 16.6 Å². The van der Waals surface area contributed by atoms with E-state index < -0.39 is 0 Å². The number of aromatic nitrogens is 1. The predicted octanol–water partition coefficient (Wildman–Crippen LogP) is 2.91. The first kappa shape index (κ1) is 13.2. The zero-order valence-corrected chi connectivity index (χ0v) is 12.4. The first-order chi connectivity index (χ1) is 9.56. The van der Waals surface area contributed by atoms with Crippen molar-refractivity contribution in [1.82, 2.24) is 10.1 Å². The molecule has 2 N–H and O–H groups in total. The third-order valence-electron chi connectivity index (χ3n) is 3.66. The van der Waals surface area contributed by atoms with Gasteiger partial charge in [0, 0.05) is 23.2 Å². The van der Waals surface area contributed by atoms with E-state index in [1.807, 2.05) is 24.8 Å². The average Bonchev–Trinajstić information content (AvgIpc) is 3.10. The maximum Gasteiger partial charge on any atom is 0.264 e. The SMILES string of the molecule is Cc1cc(C2CCCN2C(=O)c2cc(N)c(C)s2)on1. The second-order valence-electron chi connectivity index (χ2n) is 5.15. The Morgan fingerprint density at radius 1 is 1.50 bits per heavy atom. The van der Waals surface area contributed by atoms with Crippen molar-refractivity contribution in [1.29, 1.82) is 0 Å². The second-order valence-corrected chi connectivity index (χ2v) is 6.41. The second kappa shape index (κ2) is 4.94. The summed E-state index contributed by atoms with van der Waals surface area (Å²) < 4.78 is 5.33. The Bertz CT molecular complexity index is 627. The molecule has 2 aromatic heterocycles. The molecule has 0 saturated carbocycles. The van der Waals surface area contributed by atoms with Gasteiger partial charge in [0.1, 0.15) is 0 Å². The van der Waals surface area contributed by atoms with Crippen molar-refractivity contribution in [3.8, 4) is 0 Å². The van der Waals surface area contributed by atoms with Gasteiger partial charge in [-0.2, -0.15) is 0 Å². The Labute approximate surface area is 121 Å². The quantitative estimate of drug-likeness (QED) is 0.923. The molecule has 20 heavy (non-hydrogen) atoms. The zero-order valence-electron chi connectivity index (χ0n) is 11.5. The number of carbonyl (C=O) groups is 1. The molecule has 1 atom stereocenters. The van der Waals surface area contributed by atoms with Crippen LogP contribution in [0, 0.1) is 13.8 Å². The number of likely N-dealkylation sites (tertiary alicyclic amines) is 1. The monoisotopic (exact) mass is 291 g/mol. The van der Waals surface area contributed by atoms with E-state index in [2.05, 4.69) is 5.16 Å². The van der Waals surface area contributed by atoms with Crippen LogP contribution in [-0.2, 0) is 0 Å². The topological polar surface area (TPSA) is 72.4 Å². The molecule has 1 aliphatic rings. The van der Waals surface area contributed by atoms with E-state index in [0.717, 1.165) is 35.7 Å². The summed E-state index contributed by atoms with van der Waals surface area (Å²) in [5.41, 5.74) is 7.37. The molecule has 0 aliphatic carbocycles. The van der Waals surface area contributed by atoms with Crippen LogP contribution in [0.2, 0.25) is 0 Å². The van der Waals surface area contributed by atoms with Gasteiger partial charge in [0.15, 0.2) is 5.76 Å². The van der Waals surface area contributed by atoms with E-state index in [0.29, 0.717) is 10.6 Å². The molecule has 3 rings (SSSR count). The third kappa shape index (κ3) is 2.20. The molecule has 1 unspecified atom stereocenters. The highest BCUT2D eigenvalue weighted by Gasteiger charge is 2.33. The van der Waals surface area contributed by atoms with Crippen molar-refractivity contribution < 1.29 is 9.32 Å². The average molecular weight is 291 g/mol. The number of rotatable bonds is 2. The number of anilines is 1. The van der Waals surface area contributed by atoms with E-state index in [1.165, 1.54) is 11.3 Å². The van der Waals surface area contributed by atoms with Crippen LogP contribution in [0.3, 0.4) is 0 Å². The van der Waals surface area contributed by atoms with Crippen molar-refractivity contribution in [3.05, 3.63) is 33.3 Å². The van der Waals surface area contributed by atoms with Crippen LogP contribution in [0.25, 0.3) is 0 Å². The van der Waals surface area contributed by atoms with Gasteiger partial charge >= 0.3 is 0 Å². The Morgan fingerprint density at radius 3 is 2.90 bits per heavy atom. The molecule has 6 heteroatoms. The number of aryl methyl sites for hydroxylation is 2. The van der Waals surface area contributed by atoms with Crippen molar-refractivity contribution in [2.75, 3.05) is 12.3 Å². The number of hydrogen-bond acceptors (Lipinski definition) is 5. The highest BCUT2D eigenvalue weighted by Crippen LogP contribution is 2.35. The van der Waals surface area contributed by atoms with E-state index in [4.69, 9.17) is 10.3 Å². The summed E-state index contributed by atoms with van der Waals surface area (Å²) in [7, 11) is 0. The first-order valence-corrected chi connectivity index (χ1v) is 7.48. The fourth-order valence-electron chi connectivity index (χ4n) is 2.59. The number of nitrogen functional groups attached to an aromatic ring is 1. The van der Waals surface area contributed by atoms with Crippen LogP contribution in [0.4, 0.5) is 5.69 Å². The van der Waals surface area contributed by atoms with Crippen LogP contribution >= 0.6 is 11.3 Å². The molecule has 1 fully saturated rings. The van der Waals surface area contributed by atoms with Crippen molar-refractivity contribution in [2.45, 2.75) is 32.7 Å². The van der Waals surface area contributed by atoms with E-state index in [1.54, 1.807) is 6.07 Å².